The van der Waals surface area contributed by atoms with E-state index in [1.807, 2.05) is 42.5 Å². The van der Waals surface area contributed by atoms with E-state index in [1.54, 1.807) is 4.90 Å². The SMILES string of the molecule is O=C(CCc1ccc(Cl)cc1)N1CCc2c([nH]c3ccc(Cl)cc23)C1CO. The van der Waals surface area contributed by atoms with Crippen molar-refractivity contribution in [2.75, 3.05) is 13.2 Å². The first-order valence-electron chi connectivity index (χ1n) is 9.01. The molecule has 0 radical (unpaired) electrons. The molecule has 0 aliphatic carbocycles. The fourth-order valence-corrected chi connectivity index (χ4v) is 4.17. The topological polar surface area (TPSA) is 56.3 Å². The van der Waals surface area contributed by atoms with Gasteiger partial charge in [0.2, 0.25) is 5.91 Å². The van der Waals surface area contributed by atoms with Crippen LogP contribution in [0, 0.1) is 0 Å². The molecule has 0 spiro atoms. The summed E-state index contributed by atoms with van der Waals surface area (Å²) in [6.07, 6.45) is 1.80. The number of carbonyl (C=O) groups excluding carboxylic acids is 1. The molecule has 1 unspecified atom stereocenters. The Balaban J connectivity index is 1.55. The van der Waals surface area contributed by atoms with Crippen LogP contribution in [0.4, 0.5) is 0 Å². The Morgan fingerprint density at radius 3 is 2.63 bits per heavy atom. The second kappa shape index (κ2) is 7.55. The maximum Gasteiger partial charge on any atom is 0.223 e. The second-order valence-corrected chi connectivity index (χ2v) is 7.74. The van der Waals surface area contributed by atoms with Gasteiger partial charge in [0.05, 0.1) is 12.6 Å². The number of rotatable bonds is 4. The highest BCUT2D eigenvalue weighted by Gasteiger charge is 2.32. The molecular formula is C21H20Cl2N2O2. The number of carbonyl (C=O) groups is 1. The monoisotopic (exact) mass is 402 g/mol. The molecule has 0 bridgehead atoms. The summed E-state index contributed by atoms with van der Waals surface area (Å²) in [5, 5.41) is 12.4. The zero-order valence-electron chi connectivity index (χ0n) is 14.7. The zero-order chi connectivity index (χ0) is 19.0. The fourth-order valence-electron chi connectivity index (χ4n) is 3.87. The van der Waals surface area contributed by atoms with E-state index in [1.165, 1.54) is 0 Å². The molecule has 6 heteroatoms. The number of aliphatic hydroxyl groups is 1. The summed E-state index contributed by atoms with van der Waals surface area (Å²) < 4.78 is 0. The first-order valence-corrected chi connectivity index (χ1v) is 9.77. The van der Waals surface area contributed by atoms with E-state index in [4.69, 9.17) is 23.2 Å². The molecule has 0 fully saturated rings. The summed E-state index contributed by atoms with van der Waals surface area (Å²) in [6.45, 7) is 0.484. The molecule has 1 aromatic heterocycles. The van der Waals surface area contributed by atoms with Crippen LogP contribution in [-0.4, -0.2) is 34.0 Å². The number of amides is 1. The largest absolute Gasteiger partial charge is 0.394 e. The predicted octanol–water partition coefficient (Wildman–Crippen LogP) is 4.53. The third-order valence-electron chi connectivity index (χ3n) is 5.25. The number of hydrogen-bond donors (Lipinski definition) is 2. The molecule has 4 nitrogen and oxygen atoms in total. The van der Waals surface area contributed by atoms with E-state index in [9.17, 15) is 9.90 Å². The van der Waals surface area contributed by atoms with E-state index < -0.39 is 0 Å². The lowest BCUT2D eigenvalue weighted by molar-refractivity contribution is -0.135. The molecule has 2 N–H and O–H groups in total. The minimum atomic E-state index is -0.349. The van der Waals surface area contributed by atoms with Crippen molar-refractivity contribution in [1.29, 1.82) is 0 Å². The lowest BCUT2D eigenvalue weighted by Crippen LogP contribution is -2.41. The van der Waals surface area contributed by atoms with Gasteiger partial charge in [-0.2, -0.15) is 0 Å². The number of aromatic amines is 1. The van der Waals surface area contributed by atoms with Gasteiger partial charge in [0.15, 0.2) is 0 Å². The second-order valence-electron chi connectivity index (χ2n) is 6.87. The molecule has 140 valence electrons. The Morgan fingerprint density at radius 2 is 1.89 bits per heavy atom. The van der Waals surface area contributed by atoms with Crippen LogP contribution < -0.4 is 0 Å². The van der Waals surface area contributed by atoms with Gasteiger partial charge in [0, 0.05) is 39.6 Å². The molecule has 2 aromatic carbocycles. The number of aliphatic hydroxyl groups excluding tert-OH is 1. The van der Waals surface area contributed by atoms with Gasteiger partial charge in [-0.15, -0.1) is 0 Å². The quantitative estimate of drug-likeness (QED) is 0.673. The van der Waals surface area contributed by atoms with Crippen LogP contribution in [0.2, 0.25) is 10.0 Å². The summed E-state index contributed by atoms with van der Waals surface area (Å²) in [6, 6.07) is 12.9. The maximum absolute atomic E-state index is 12.8. The number of aryl methyl sites for hydroxylation is 1. The number of nitrogens with zero attached hydrogens (tertiary/aromatic N) is 1. The van der Waals surface area contributed by atoms with Crippen LogP contribution in [0.25, 0.3) is 10.9 Å². The molecule has 1 aliphatic heterocycles. The van der Waals surface area contributed by atoms with E-state index in [2.05, 4.69) is 4.98 Å². The summed E-state index contributed by atoms with van der Waals surface area (Å²) >= 11 is 12.1. The lowest BCUT2D eigenvalue weighted by Gasteiger charge is -2.35. The van der Waals surface area contributed by atoms with Crippen LogP contribution in [0.5, 0.6) is 0 Å². The Morgan fingerprint density at radius 1 is 1.15 bits per heavy atom. The van der Waals surface area contributed by atoms with E-state index in [0.717, 1.165) is 34.1 Å². The van der Waals surface area contributed by atoms with Gasteiger partial charge in [-0.05, 0) is 54.3 Å². The lowest BCUT2D eigenvalue weighted by atomic mass is 9.97. The van der Waals surface area contributed by atoms with Gasteiger partial charge in [0.1, 0.15) is 0 Å². The standard InChI is InChI=1S/C21H20Cl2N2O2/c22-14-4-1-13(2-5-14)3-8-20(27)25-10-9-16-17-11-15(23)6-7-18(17)24-21(16)19(25)12-26/h1-2,4-7,11,19,24,26H,3,8-10,12H2. The van der Waals surface area contributed by atoms with Crippen LogP contribution in [0.3, 0.4) is 0 Å². The minimum absolute atomic E-state index is 0.0475. The molecule has 1 aliphatic rings. The molecule has 1 atom stereocenters. The van der Waals surface area contributed by atoms with Crippen molar-refractivity contribution in [3.8, 4) is 0 Å². The number of nitrogens with one attached hydrogen (secondary N) is 1. The van der Waals surface area contributed by atoms with Crippen LogP contribution in [0.15, 0.2) is 42.5 Å². The number of halogens is 2. The highest BCUT2D eigenvalue weighted by Crippen LogP contribution is 2.35. The Hall–Kier alpha value is -2.01. The van der Waals surface area contributed by atoms with Crippen LogP contribution in [-0.2, 0) is 17.6 Å². The third-order valence-corrected chi connectivity index (χ3v) is 5.73. The van der Waals surface area contributed by atoms with Crippen LogP contribution in [0.1, 0.15) is 29.3 Å². The van der Waals surface area contributed by atoms with Crippen molar-refractivity contribution >= 4 is 40.0 Å². The van der Waals surface area contributed by atoms with Crippen molar-refractivity contribution in [2.24, 2.45) is 0 Å². The summed E-state index contributed by atoms with van der Waals surface area (Å²) in [5.41, 5.74) is 4.12. The highest BCUT2D eigenvalue weighted by molar-refractivity contribution is 6.31. The number of fused-ring (bicyclic) bond motifs is 3. The predicted molar refractivity (Wildman–Crippen MR) is 108 cm³/mol. The first kappa shape index (κ1) is 18.4. The fraction of sp³-hybridized carbons (Fsp3) is 0.286. The number of hydrogen-bond acceptors (Lipinski definition) is 2. The van der Waals surface area contributed by atoms with E-state index in [-0.39, 0.29) is 18.6 Å². The number of H-pyrrole nitrogens is 1. The van der Waals surface area contributed by atoms with Crippen molar-refractivity contribution in [3.05, 3.63) is 69.3 Å². The zero-order valence-corrected chi connectivity index (χ0v) is 16.2. The van der Waals surface area contributed by atoms with Gasteiger partial charge in [-0.3, -0.25) is 4.79 Å². The molecule has 0 saturated carbocycles. The molecule has 1 amide bonds. The molecule has 4 rings (SSSR count). The van der Waals surface area contributed by atoms with E-state index in [0.29, 0.717) is 29.4 Å². The number of aromatic nitrogens is 1. The summed E-state index contributed by atoms with van der Waals surface area (Å²) in [7, 11) is 0. The van der Waals surface area contributed by atoms with Crippen molar-refractivity contribution < 1.29 is 9.90 Å². The van der Waals surface area contributed by atoms with Crippen molar-refractivity contribution in [3.63, 3.8) is 0 Å². The molecular weight excluding hydrogens is 383 g/mol. The van der Waals surface area contributed by atoms with Gasteiger partial charge in [0.25, 0.3) is 0 Å². The maximum atomic E-state index is 12.8. The molecule has 3 aromatic rings. The van der Waals surface area contributed by atoms with Gasteiger partial charge in [-0.25, -0.2) is 0 Å². The Labute approximate surface area is 167 Å². The summed E-state index contributed by atoms with van der Waals surface area (Å²) in [4.78, 5) is 18.0. The molecule has 2 heterocycles. The van der Waals surface area contributed by atoms with Gasteiger partial charge >= 0.3 is 0 Å². The van der Waals surface area contributed by atoms with E-state index >= 15 is 0 Å². The third kappa shape index (κ3) is 3.57. The normalized spacial score (nSPS) is 16.6. The summed E-state index contributed by atoms with van der Waals surface area (Å²) in [5.74, 6) is 0.0475. The van der Waals surface area contributed by atoms with Gasteiger partial charge in [-0.1, -0.05) is 35.3 Å². The van der Waals surface area contributed by atoms with Crippen LogP contribution >= 0.6 is 23.2 Å². The smallest absolute Gasteiger partial charge is 0.223 e. The Kier molecular flexibility index (Phi) is 5.13. The first-order chi connectivity index (χ1) is 13.1. The average molecular weight is 403 g/mol. The van der Waals surface area contributed by atoms with Crippen molar-refractivity contribution in [1.82, 2.24) is 9.88 Å². The highest BCUT2D eigenvalue weighted by atomic mass is 35.5. The molecule has 27 heavy (non-hydrogen) atoms. The minimum Gasteiger partial charge on any atom is -0.394 e. The Bertz CT molecular complexity index is 982. The average Bonchev–Trinajstić information content (AvgIpc) is 3.04. The van der Waals surface area contributed by atoms with Crippen molar-refractivity contribution in [2.45, 2.75) is 25.3 Å². The number of benzene rings is 2. The molecule has 0 saturated heterocycles. The van der Waals surface area contributed by atoms with Gasteiger partial charge < -0.3 is 15.0 Å².